The number of halogens is 1. The fourth-order valence-corrected chi connectivity index (χ4v) is 3.79. The maximum absolute atomic E-state index is 13.0. The number of nitrogens with zero attached hydrogens (tertiary/aromatic N) is 2. The summed E-state index contributed by atoms with van der Waals surface area (Å²) < 4.78 is 3.52. The van der Waals surface area contributed by atoms with Crippen molar-refractivity contribution in [2.24, 2.45) is 7.05 Å². The summed E-state index contributed by atoms with van der Waals surface area (Å²) in [5.74, 6) is -0.409. The van der Waals surface area contributed by atoms with E-state index in [1.54, 1.807) is 54.2 Å². The second-order valence-electron chi connectivity index (χ2n) is 6.70. The first-order valence-electron chi connectivity index (χ1n) is 8.84. The molecule has 0 atom stereocenters. The Morgan fingerprint density at radius 2 is 1.83 bits per heavy atom. The van der Waals surface area contributed by atoms with Crippen LogP contribution in [0, 0.1) is 6.92 Å². The monoisotopic (exact) mass is 452 g/mol. The molecular weight excluding hydrogens is 436 g/mol. The number of benzene rings is 2. The molecule has 0 bridgehead atoms. The largest absolute Gasteiger partial charge is 0.344 e. The topological polar surface area (TPSA) is 88.9 Å². The van der Waals surface area contributed by atoms with Gasteiger partial charge in [0.05, 0.1) is 16.8 Å². The zero-order valence-electron chi connectivity index (χ0n) is 15.7. The third-order valence-electron chi connectivity index (χ3n) is 4.72. The highest BCUT2D eigenvalue weighted by Gasteiger charge is 2.20. The van der Waals surface area contributed by atoms with Crippen molar-refractivity contribution in [2.45, 2.75) is 6.92 Å². The number of aromatic amines is 1. The van der Waals surface area contributed by atoms with Gasteiger partial charge < -0.3 is 14.9 Å². The predicted molar refractivity (Wildman–Crippen MR) is 116 cm³/mol. The van der Waals surface area contributed by atoms with E-state index in [0.29, 0.717) is 11.4 Å². The molecule has 0 aliphatic carbocycles. The van der Waals surface area contributed by atoms with Crippen LogP contribution in [0.25, 0.3) is 16.7 Å². The van der Waals surface area contributed by atoms with Gasteiger partial charge in [0, 0.05) is 23.4 Å². The van der Waals surface area contributed by atoms with Crippen LogP contribution in [-0.4, -0.2) is 20.0 Å². The number of fused-ring (bicyclic) bond motifs is 1. The summed E-state index contributed by atoms with van der Waals surface area (Å²) in [5, 5.41) is 2.84. The fourth-order valence-electron chi connectivity index (χ4n) is 3.31. The number of para-hydroxylation sites is 1. The quantitative estimate of drug-likeness (QED) is 0.499. The first kappa shape index (κ1) is 18.9. The van der Waals surface area contributed by atoms with Crippen LogP contribution in [0.2, 0.25) is 0 Å². The molecule has 0 aliphatic rings. The van der Waals surface area contributed by atoms with Gasteiger partial charge >= 0.3 is 5.69 Å². The number of hydrogen-bond donors (Lipinski definition) is 2. The average Bonchev–Trinajstić information content (AvgIpc) is 3.01. The number of H-pyrrole nitrogens is 1. The van der Waals surface area contributed by atoms with Crippen molar-refractivity contribution in [2.75, 3.05) is 5.32 Å². The second kappa shape index (κ2) is 7.21. The Morgan fingerprint density at radius 3 is 2.52 bits per heavy atom. The van der Waals surface area contributed by atoms with Crippen LogP contribution in [0.15, 0.2) is 68.8 Å². The van der Waals surface area contributed by atoms with Crippen LogP contribution < -0.4 is 16.6 Å². The lowest BCUT2D eigenvalue weighted by Crippen LogP contribution is -2.34. The second-order valence-corrected chi connectivity index (χ2v) is 7.61. The van der Waals surface area contributed by atoms with Gasteiger partial charge in [-0.1, -0.05) is 34.1 Å². The molecule has 0 fully saturated rings. The number of carbonyl (C=O) groups excluding carboxylic acids is 1. The van der Waals surface area contributed by atoms with E-state index in [2.05, 4.69) is 26.2 Å². The number of nitrogens with one attached hydrogen (secondary N) is 2. The van der Waals surface area contributed by atoms with Gasteiger partial charge in [0.25, 0.3) is 11.5 Å². The van der Waals surface area contributed by atoms with E-state index in [-0.39, 0.29) is 16.6 Å². The minimum Gasteiger partial charge on any atom is -0.344 e. The molecule has 4 aromatic rings. The zero-order valence-corrected chi connectivity index (χ0v) is 17.3. The molecule has 4 rings (SSSR count). The van der Waals surface area contributed by atoms with Crippen molar-refractivity contribution in [3.05, 3.63) is 91.2 Å². The van der Waals surface area contributed by atoms with Crippen molar-refractivity contribution in [1.82, 2.24) is 14.1 Å². The van der Waals surface area contributed by atoms with Crippen LogP contribution in [0.4, 0.5) is 5.69 Å². The summed E-state index contributed by atoms with van der Waals surface area (Å²) in [4.78, 5) is 41.3. The lowest BCUT2D eigenvalue weighted by Gasteiger charge is -2.08. The molecule has 0 aliphatic heterocycles. The molecule has 8 heteroatoms. The van der Waals surface area contributed by atoms with Gasteiger partial charge in [-0.15, -0.1) is 0 Å². The SMILES string of the molecule is Cc1cc(Br)ccc1NC(=O)c1cn(C)c2c(=O)n(-c3ccccc3)c(=O)[nH]c12. The van der Waals surface area contributed by atoms with Crippen molar-refractivity contribution < 1.29 is 4.79 Å². The molecule has 0 unspecified atom stereocenters. The Labute approximate surface area is 173 Å². The summed E-state index contributed by atoms with van der Waals surface area (Å²) in [6.45, 7) is 1.88. The molecule has 0 saturated carbocycles. The minimum atomic E-state index is -0.603. The van der Waals surface area contributed by atoms with Gasteiger partial charge in [0.2, 0.25) is 0 Å². The van der Waals surface area contributed by atoms with Gasteiger partial charge in [-0.3, -0.25) is 9.59 Å². The summed E-state index contributed by atoms with van der Waals surface area (Å²) >= 11 is 3.39. The Balaban J connectivity index is 1.84. The van der Waals surface area contributed by atoms with Crippen LogP contribution >= 0.6 is 15.9 Å². The van der Waals surface area contributed by atoms with E-state index < -0.39 is 17.2 Å². The van der Waals surface area contributed by atoms with E-state index in [1.807, 2.05) is 19.1 Å². The number of carbonyl (C=O) groups is 1. The van der Waals surface area contributed by atoms with Gasteiger partial charge in [-0.25, -0.2) is 9.36 Å². The first-order chi connectivity index (χ1) is 13.9. The molecule has 2 N–H and O–H groups in total. The van der Waals surface area contributed by atoms with Gasteiger partial charge in [-0.2, -0.15) is 0 Å². The molecule has 7 nitrogen and oxygen atoms in total. The summed E-state index contributed by atoms with van der Waals surface area (Å²) in [7, 11) is 1.67. The number of aromatic nitrogens is 3. The van der Waals surface area contributed by atoms with Gasteiger partial charge in [-0.05, 0) is 42.8 Å². The van der Waals surface area contributed by atoms with E-state index >= 15 is 0 Å². The van der Waals surface area contributed by atoms with E-state index in [4.69, 9.17) is 0 Å². The van der Waals surface area contributed by atoms with Crippen molar-refractivity contribution >= 4 is 38.6 Å². The van der Waals surface area contributed by atoms with Crippen LogP contribution in [0.3, 0.4) is 0 Å². The Bertz CT molecular complexity index is 1370. The summed E-state index contributed by atoms with van der Waals surface area (Å²) in [6.07, 6.45) is 1.54. The Kier molecular flexibility index (Phi) is 4.71. The van der Waals surface area contributed by atoms with Gasteiger partial charge in [0.15, 0.2) is 0 Å². The zero-order chi connectivity index (χ0) is 20.7. The smallest absolute Gasteiger partial charge is 0.333 e. The minimum absolute atomic E-state index is 0.210. The standard InChI is InChI=1S/C21H17BrN4O3/c1-12-10-13(22)8-9-16(12)23-19(27)15-11-25(2)18-17(15)24-21(29)26(20(18)28)14-6-4-3-5-7-14/h3-11H,1-2H3,(H,23,27)(H,24,29). The molecule has 1 amide bonds. The fraction of sp³-hybridized carbons (Fsp3) is 0.0952. The lowest BCUT2D eigenvalue weighted by atomic mass is 10.2. The average molecular weight is 453 g/mol. The molecule has 0 spiro atoms. The normalized spacial score (nSPS) is 11.0. The molecule has 2 heterocycles. The van der Waals surface area contributed by atoms with E-state index in [1.165, 1.54) is 0 Å². The number of amides is 1. The highest BCUT2D eigenvalue weighted by atomic mass is 79.9. The molecule has 0 radical (unpaired) electrons. The van der Waals surface area contributed by atoms with E-state index in [9.17, 15) is 14.4 Å². The highest BCUT2D eigenvalue weighted by Crippen LogP contribution is 2.22. The van der Waals surface area contributed by atoms with Crippen molar-refractivity contribution in [1.29, 1.82) is 0 Å². The van der Waals surface area contributed by atoms with Crippen molar-refractivity contribution in [3.8, 4) is 5.69 Å². The third kappa shape index (κ3) is 3.31. The molecule has 29 heavy (non-hydrogen) atoms. The van der Waals surface area contributed by atoms with Gasteiger partial charge in [0.1, 0.15) is 5.52 Å². The first-order valence-corrected chi connectivity index (χ1v) is 9.63. The predicted octanol–water partition coefficient (Wildman–Crippen LogP) is 3.34. The Morgan fingerprint density at radius 1 is 1.10 bits per heavy atom. The van der Waals surface area contributed by atoms with Crippen LogP contribution in [0.1, 0.15) is 15.9 Å². The highest BCUT2D eigenvalue weighted by molar-refractivity contribution is 9.10. The molecular formula is C21H17BrN4O3. The summed E-state index contributed by atoms with van der Waals surface area (Å²) in [6, 6.07) is 14.1. The third-order valence-corrected chi connectivity index (χ3v) is 5.21. The van der Waals surface area contributed by atoms with E-state index in [0.717, 1.165) is 14.6 Å². The Hall–Kier alpha value is -3.39. The number of hydrogen-bond acceptors (Lipinski definition) is 3. The molecule has 2 aromatic carbocycles. The number of aryl methyl sites for hydroxylation is 2. The number of anilines is 1. The maximum Gasteiger partial charge on any atom is 0.333 e. The molecule has 146 valence electrons. The molecule has 2 aromatic heterocycles. The maximum atomic E-state index is 13.0. The summed E-state index contributed by atoms with van der Waals surface area (Å²) in [5.41, 5.74) is 1.57. The van der Waals surface area contributed by atoms with Crippen LogP contribution in [-0.2, 0) is 7.05 Å². The van der Waals surface area contributed by atoms with Crippen molar-refractivity contribution in [3.63, 3.8) is 0 Å². The number of rotatable bonds is 3. The van der Waals surface area contributed by atoms with Crippen LogP contribution in [0.5, 0.6) is 0 Å². The molecule has 0 saturated heterocycles. The lowest BCUT2D eigenvalue weighted by molar-refractivity contribution is 0.102.